The van der Waals surface area contributed by atoms with Crippen LogP contribution in [0.1, 0.15) is 39.7 Å². The lowest BCUT2D eigenvalue weighted by Crippen LogP contribution is -2.55. The van der Waals surface area contributed by atoms with Gasteiger partial charge in [-0.05, 0) is 44.0 Å². The van der Waals surface area contributed by atoms with Crippen LogP contribution >= 0.6 is 11.3 Å². The number of rotatable bonds is 5. The number of carboxylic acid groups (broad SMARTS) is 1. The van der Waals surface area contributed by atoms with E-state index in [-0.39, 0.29) is 23.8 Å². The average Bonchev–Trinajstić information content (AvgIpc) is 3.23. The van der Waals surface area contributed by atoms with E-state index in [0.29, 0.717) is 17.9 Å². The Morgan fingerprint density at radius 1 is 1.34 bits per heavy atom. The van der Waals surface area contributed by atoms with Crippen molar-refractivity contribution in [3.8, 4) is 5.75 Å². The van der Waals surface area contributed by atoms with Crippen LogP contribution in [-0.4, -0.2) is 64.6 Å². The molecule has 2 aromatic rings. The number of benzene rings is 1. The number of carbonyl (C=O) groups excluding carboxylic acids is 1. The number of amides is 1. The molecule has 0 bridgehead atoms. The summed E-state index contributed by atoms with van der Waals surface area (Å²) in [6.45, 7) is 1.91. The van der Waals surface area contributed by atoms with Gasteiger partial charge in [0.05, 0.1) is 23.1 Å². The van der Waals surface area contributed by atoms with E-state index in [2.05, 4.69) is 15.2 Å². The fraction of sp³-hybridized carbons (Fsp3) is 0.421. The molecule has 152 valence electrons. The minimum absolute atomic E-state index is 0.00873. The van der Waals surface area contributed by atoms with E-state index in [1.807, 2.05) is 11.6 Å². The van der Waals surface area contributed by atoms with Crippen molar-refractivity contribution < 1.29 is 24.4 Å². The Hall–Kier alpha value is -2.43. The Labute approximate surface area is 172 Å². The maximum atomic E-state index is 12.5. The van der Waals surface area contributed by atoms with E-state index in [1.165, 1.54) is 6.07 Å². The van der Waals surface area contributed by atoms with Gasteiger partial charge in [0, 0.05) is 17.5 Å². The summed E-state index contributed by atoms with van der Waals surface area (Å²) >= 11 is 1.68. The minimum Gasteiger partial charge on any atom is -0.534 e. The van der Waals surface area contributed by atoms with Crippen LogP contribution < -0.4 is 9.97 Å². The standard InChI is InChI=1S/C19H22BN3O5S/c24-16(11-23-7-4-12(5-8-23)18-21-6-9-29-18)22-15-10-13-2-1-3-14(19(25)26)17(13)28-20(15)27/h1-3,6,9,12,15,27H,4-5,7-8,10-11H2,(H,22,24)(H,25,26)/t15-/m0/s1. The summed E-state index contributed by atoms with van der Waals surface area (Å²) < 4.78 is 5.42. The van der Waals surface area contributed by atoms with Crippen molar-refractivity contribution >= 4 is 30.3 Å². The first-order valence-electron chi connectivity index (χ1n) is 9.62. The first-order valence-corrected chi connectivity index (χ1v) is 10.5. The van der Waals surface area contributed by atoms with Gasteiger partial charge < -0.3 is 20.1 Å². The number of piperidine rings is 1. The largest absolute Gasteiger partial charge is 0.547 e. The van der Waals surface area contributed by atoms with Gasteiger partial charge in [-0.15, -0.1) is 11.3 Å². The molecule has 1 atom stereocenters. The number of thiazole rings is 1. The number of para-hydroxylation sites is 1. The van der Waals surface area contributed by atoms with Crippen molar-refractivity contribution in [2.24, 2.45) is 0 Å². The summed E-state index contributed by atoms with van der Waals surface area (Å²) in [5.41, 5.74) is 0.666. The summed E-state index contributed by atoms with van der Waals surface area (Å²) in [5.74, 6) is -1.28. The van der Waals surface area contributed by atoms with Gasteiger partial charge in [-0.3, -0.25) is 9.69 Å². The molecule has 1 aromatic carbocycles. The lowest BCUT2D eigenvalue weighted by atomic mass is 9.72. The highest BCUT2D eigenvalue weighted by atomic mass is 32.1. The summed E-state index contributed by atoms with van der Waals surface area (Å²) in [5, 5.41) is 25.5. The number of nitrogens with zero attached hydrogens (tertiary/aromatic N) is 2. The Kier molecular flexibility index (Phi) is 5.84. The highest BCUT2D eigenvalue weighted by Gasteiger charge is 2.38. The highest BCUT2D eigenvalue weighted by molar-refractivity contribution is 7.09. The predicted molar refractivity (Wildman–Crippen MR) is 108 cm³/mol. The Balaban J connectivity index is 1.31. The topological polar surface area (TPSA) is 112 Å². The fourth-order valence-electron chi connectivity index (χ4n) is 3.95. The maximum Gasteiger partial charge on any atom is 0.547 e. The smallest absolute Gasteiger partial charge is 0.534 e. The second-order valence-corrected chi connectivity index (χ2v) is 8.33. The van der Waals surface area contributed by atoms with Crippen LogP contribution in [0.25, 0.3) is 0 Å². The van der Waals surface area contributed by atoms with Crippen LogP contribution in [0, 0.1) is 0 Å². The maximum absolute atomic E-state index is 12.5. The quantitative estimate of drug-likeness (QED) is 0.629. The molecule has 1 fully saturated rings. The van der Waals surface area contributed by atoms with Gasteiger partial charge in [0.1, 0.15) is 5.75 Å². The van der Waals surface area contributed by atoms with E-state index in [4.69, 9.17) is 4.65 Å². The molecule has 2 aliphatic rings. The SMILES string of the molecule is O=C(CN1CCC(c2nccs2)CC1)N[C@H]1Cc2cccc(C(=O)O)c2OB1O. The van der Waals surface area contributed by atoms with E-state index in [1.54, 1.807) is 23.5 Å². The third-order valence-corrected chi connectivity index (χ3v) is 6.39. The summed E-state index contributed by atoms with van der Waals surface area (Å²) in [6.07, 6.45) is 4.09. The van der Waals surface area contributed by atoms with Gasteiger partial charge in [0.2, 0.25) is 5.91 Å². The molecular formula is C19H22BN3O5S. The van der Waals surface area contributed by atoms with Crippen molar-refractivity contribution in [1.82, 2.24) is 15.2 Å². The molecule has 10 heteroatoms. The van der Waals surface area contributed by atoms with Gasteiger partial charge in [-0.2, -0.15) is 0 Å². The first-order chi connectivity index (χ1) is 14.0. The van der Waals surface area contributed by atoms with Crippen LogP contribution in [-0.2, 0) is 11.2 Å². The molecule has 1 aromatic heterocycles. The Morgan fingerprint density at radius 2 is 2.14 bits per heavy atom. The molecule has 0 aliphatic carbocycles. The third kappa shape index (κ3) is 4.44. The zero-order valence-electron chi connectivity index (χ0n) is 15.8. The van der Waals surface area contributed by atoms with Gasteiger partial charge in [0.15, 0.2) is 0 Å². The van der Waals surface area contributed by atoms with Crippen LogP contribution in [0.15, 0.2) is 29.8 Å². The molecule has 0 spiro atoms. The second kappa shape index (κ2) is 8.52. The molecule has 4 rings (SSSR count). The van der Waals surface area contributed by atoms with Crippen LogP contribution in [0.5, 0.6) is 5.75 Å². The molecule has 29 heavy (non-hydrogen) atoms. The van der Waals surface area contributed by atoms with E-state index in [9.17, 15) is 19.7 Å². The normalized spacial score (nSPS) is 20.0. The molecule has 1 amide bonds. The molecule has 0 radical (unpaired) electrons. The number of likely N-dealkylation sites (tertiary alicyclic amines) is 1. The van der Waals surface area contributed by atoms with Crippen molar-refractivity contribution in [3.05, 3.63) is 45.9 Å². The van der Waals surface area contributed by atoms with Crippen molar-refractivity contribution in [2.75, 3.05) is 19.6 Å². The summed E-state index contributed by atoms with van der Waals surface area (Å²) in [6, 6.07) is 4.81. The number of nitrogens with one attached hydrogen (secondary N) is 1. The number of hydrogen-bond acceptors (Lipinski definition) is 7. The van der Waals surface area contributed by atoms with Crippen LogP contribution in [0.3, 0.4) is 0 Å². The lowest BCUT2D eigenvalue weighted by Gasteiger charge is -2.32. The number of carbonyl (C=O) groups is 2. The molecule has 8 nitrogen and oxygen atoms in total. The lowest BCUT2D eigenvalue weighted by molar-refractivity contribution is -0.122. The monoisotopic (exact) mass is 415 g/mol. The molecule has 0 unspecified atom stereocenters. The van der Waals surface area contributed by atoms with Gasteiger partial charge >= 0.3 is 13.1 Å². The first kappa shape index (κ1) is 19.9. The zero-order chi connectivity index (χ0) is 20.4. The van der Waals surface area contributed by atoms with E-state index >= 15 is 0 Å². The average molecular weight is 415 g/mol. The van der Waals surface area contributed by atoms with Crippen LogP contribution in [0.2, 0.25) is 0 Å². The number of carboxylic acids is 1. The molecular weight excluding hydrogens is 393 g/mol. The van der Waals surface area contributed by atoms with Gasteiger partial charge in [0.25, 0.3) is 0 Å². The predicted octanol–water partition coefficient (Wildman–Crippen LogP) is 1.16. The third-order valence-electron chi connectivity index (χ3n) is 5.45. The van der Waals surface area contributed by atoms with E-state index < -0.39 is 19.0 Å². The van der Waals surface area contributed by atoms with Crippen LogP contribution in [0.4, 0.5) is 0 Å². The second-order valence-electron chi connectivity index (χ2n) is 7.41. The van der Waals surface area contributed by atoms with Crippen molar-refractivity contribution in [2.45, 2.75) is 31.1 Å². The van der Waals surface area contributed by atoms with Crippen molar-refractivity contribution in [1.29, 1.82) is 0 Å². The van der Waals surface area contributed by atoms with Gasteiger partial charge in [-0.1, -0.05) is 12.1 Å². The fourth-order valence-corrected chi connectivity index (χ4v) is 4.76. The molecule has 3 N–H and O–H groups in total. The molecule has 1 saturated heterocycles. The zero-order valence-corrected chi connectivity index (χ0v) is 16.6. The Bertz CT molecular complexity index is 886. The Morgan fingerprint density at radius 3 is 2.83 bits per heavy atom. The number of aromatic carboxylic acids is 1. The number of fused-ring (bicyclic) bond motifs is 1. The summed E-state index contributed by atoms with van der Waals surface area (Å²) in [4.78, 5) is 30.3. The molecule has 2 aliphatic heterocycles. The minimum atomic E-state index is -1.29. The molecule has 3 heterocycles. The van der Waals surface area contributed by atoms with Crippen molar-refractivity contribution in [3.63, 3.8) is 0 Å². The van der Waals surface area contributed by atoms with E-state index in [0.717, 1.165) is 30.9 Å². The number of hydrogen-bond donors (Lipinski definition) is 3. The van der Waals surface area contributed by atoms with Gasteiger partial charge in [-0.25, -0.2) is 9.78 Å². The highest BCUT2D eigenvalue weighted by Crippen LogP contribution is 2.31. The summed E-state index contributed by atoms with van der Waals surface area (Å²) in [7, 11) is -1.29. The number of aromatic nitrogens is 1. The molecule has 0 saturated carbocycles.